The van der Waals surface area contributed by atoms with Gasteiger partial charge < -0.3 is 4.90 Å². The van der Waals surface area contributed by atoms with Gasteiger partial charge in [-0.2, -0.15) is 0 Å². The fourth-order valence-electron chi connectivity index (χ4n) is 3.19. The minimum absolute atomic E-state index is 0.00918. The summed E-state index contributed by atoms with van der Waals surface area (Å²) in [4.78, 5) is 19.7. The van der Waals surface area contributed by atoms with Gasteiger partial charge >= 0.3 is 6.03 Å². The van der Waals surface area contributed by atoms with Crippen molar-refractivity contribution in [2.24, 2.45) is 0 Å². The molecule has 1 saturated heterocycles. The van der Waals surface area contributed by atoms with Gasteiger partial charge in [0, 0.05) is 18.3 Å². The molecular formula is C16H17N3OS. The first-order valence-electron chi connectivity index (χ1n) is 7.37. The average molecular weight is 299 g/mol. The molecule has 5 heteroatoms. The van der Waals surface area contributed by atoms with Gasteiger partial charge in [0.2, 0.25) is 0 Å². The van der Waals surface area contributed by atoms with Gasteiger partial charge in [0.1, 0.15) is 0 Å². The number of carbonyl (C=O) groups excluding carboxylic acids is 1. The Hall–Kier alpha value is -1.88. The van der Waals surface area contributed by atoms with Gasteiger partial charge in [-0.3, -0.25) is 5.32 Å². The third-order valence-electron chi connectivity index (χ3n) is 4.68. The molecule has 0 atom stereocenters. The molecule has 1 N–H and O–H groups in total. The van der Waals surface area contributed by atoms with Gasteiger partial charge in [-0.05, 0) is 31.2 Å². The van der Waals surface area contributed by atoms with E-state index in [2.05, 4.69) is 22.4 Å². The SMILES string of the molecule is O=C(Nc1ncc(-c2ccccc2)s1)N1CCC12CCC2. The van der Waals surface area contributed by atoms with E-state index in [0.29, 0.717) is 5.13 Å². The van der Waals surface area contributed by atoms with Crippen molar-refractivity contribution in [2.45, 2.75) is 31.2 Å². The maximum Gasteiger partial charge on any atom is 0.324 e. The van der Waals surface area contributed by atoms with Crippen molar-refractivity contribution in [3.05, 3.63) is 36.5 Å². The average Bonchev–Trinajstić information content (AvgIpc) is 2.85. The molecule has 21 heavy (non-hydrogen) atoms. The van der Waals surface area contributed by atoms with Crippen LogP contribution in [0, 0.1) is 0 Å². The third kappa shape index (κ3) is 2.12. The number of nitrogens with one attached hydrogen (secondary N) is 1. The van der Waals surface area contributed by atoms with Gasteiger partial charge in [-0.1, -0.05) is 41.7 Å². The highest BCUT2D eigenvalue weighted by atomic mass is 32.1. The van der Waals surface area contributed by atoms with Gasteiger partial charge in [-0.15, -0.1) is 0 Å². The summed E-state index contributed by atoms with van der Waals surface area (Å²) in [6, 6.07) is 10.1. The molecule has 1 aromatic carbocycles. The third-order valence-corrected chi connectivity index (χ3v) is 5.64. The molecule has 0 bridgehead atoms. The van der Waals surface area contributed by atoms with Crippen LogP contribution in [-0.2, 0) is 0 Å². The van der Waals surface area contributed by atoms with Crippen molar-refractivity contribution in [3.63, 3.8) is 0 Å². The number of amides is 2. The summed E-state index contributed by atoms with van der Waals surface area (Å²) in [6.07, 6.45) is 6.55. The lowest BCUT2D eigenvalue weighted by Gasteiger charge is -2.58. The second-order valence-corrected chi connectivity index (χ2v) is 6.84. The lowest BCUT2D eigenvalue weighted by atomic mass is 9.68. The summed E-state index contributed by atoms with van der Waals surface area (Å²) >= 11 is 1.52. The van der Waals surface area contributed by atoms with Crippen molar-refractivity contribution in [2.75, 3.05) is 11.9 Å². The molecule has 1 aliphatic heterocycles. The van der Waals surface area contributed by atoms with Gasteiger partial charge in [0.25, 0.3) is 0 Å². The van der Waals surface area contributed by atoms with Gasteiger partial charge in [0.15, 0.2) is 5.13 Å². The maximum absolute atomic E-state index is 12.3. The highest BCUT2D eigenvalue weighted by molar-refractivity contribution is 7.19. The predicted octanol–water partition coefficient (Wildman–Crippen LogP) is 3.97. The normalized spacial score (nSPS) is 19.0. The van der Waals surface area contributed by atoms with E-state index in [0.717, 1.165) is 36.2 Å². The molecule has 4 nitrogen and oxygen atoms in total. The van der Waals surface area contributed by atoms with E-state index in [1.165, 1.54) is 17.8 Å². The summed E-state index contributed by atoms with van der Waals surface area (Å²) in [5.74, 6) is 0. The molecule has 1 aliphatic carbocycles. The first-order chi connectivity index (χ1) is 10.3. The van der Waals surface area contributed by atoms with Crippen LogP contribution in [0.5, 0.6) is 0 Å². The van der Waals surface area contributed by atoms with Crippen LogP contribution in [-0.4, -0.2) is 28.0 Å². The lowest BCUT2D eigenvalue weighted by Crippen LogP contribution is -2.66. The quantitative estimate of drug-likeness (QED) is 0.912. The molecule has 0 radical (unpaired) electrons. The maximum atomic E-state index is 12.3. The minimum atomic E-state index is 0.00918. The second kappa shape index (κ2) is 4.84. The Balaban J connectivity index is 1.46. The number of aromatic nitrogens is 1. The number of nitrogens with zero attached hydrogens (tertiary/aromatic N) is 2. The first-order valence-corrected chi connectivity index (χ1v) is 8.18. The van der Waals surface area contributed by atoms with Crippen molar-refractivity contribution in [1.82, 2.24) is 9.88 Å². The van der Waals surface area contributed by atoms with E-state index >= 15 is 0 Å². The molecule has 1 saturated carbocycles. The van der Waals surface area contributed by atoms with Crippen LogP contribution >= 0.6 is 11.3 Å². The number of benzene rings is 1. The van der Waals surface area contributed by atoms with Crippen LogP contribution in [0.4, 0.5) is 9.93 Å². The van der Waals surface area contributed by atoms with Gasteiger partial charge in [-0.25, -0.2) is 9.78 Å². The van der Waals surface area contributed by atoms with Crippen molar-refractivity contribution < 1.29 is 4.79 Å². The van der Waals surface area contributed by atoms with E-state index in [9.17, 15) is 4.79 Å². The van der Waals surface area contributed by atoms with Crippen molar-refractivity contribution in [3.8, 4) is 10.4 Å². The Kier molecular flexibility index (Phi) is 2.96. The molecule has 2 fully saturated rings. The highest BCUT2D eigenvalue weighted by Gasteiger charge is 2.51. The van der Waals surface area contributed by atoms with Crippen LogP contribution in [0.25, 0.3) is 10.4 Å². The van der Waals surface area contributed by atoms with E-state index in [4.69, 9.17) is 0 Å². The van der Waals surface area contributed by atoms with E-state index in [1.54, 1.807) is 0 Å². The monoisotopic (exact) mass is 299 g/mol. The fourth-order valence-corrected chi connectivity index (χ4v) is 4.00. The van der Waals surface area contributed by atoms with Crippen LogP contribution in [0.15, 0.2) is 36.5 Å². The molecule has 2 amide bonds. The smallest absolute Gasteiger partial charge is 0.319 e. The molecule has 4 rings (SSSR count). The molecule has 2 aliphatic rings. The number of anilines is 1. The van der Waals surface area contributed by atoms with Crippen molar-refractivity contribution >= 4 is 22.5 Å². The number of carbonyl (C=O) groups is 1. The zero-order valence-electron chi connectivity index (χ0n) is 11.7. The van der Waals surface area contributed by atoms with E-state index < -0.39 is 0 Å². The zero-order chi connectivity index (χ0) is 14.3. The molecular weight excluding hydrogens is 282 g/mol. The van der Waals surface area contributed by atoms with E-state index in [-0.39, 0.29) is 11.6 Å². The molecule has 2 aromatic rings. The summed E-state index contributed by atoms with van der Waals surface area (Å²) < 4.78 is 0. The summed E-state index contributed by atoms with van der Waals surface area (Å²) in [5.41, 5.74) is 1.32. The highest BCUT2D eigenvalue weighted by Crippen LogP contribution is 2.47. The van der Waals surface area contributed by atoms with Crippen LogP contribution in [0.2, 0.25) is 0 Å². The van der Waals surface area contributed by atoms with Crippen LogP contribution in [0.3, 0.4) is 0 Å². The standard InChI is InChI=1S/C16H17N3OS/c20-15(19-10-9-16(19)7-4-8-16)18-14-17-11-13(21-14)12-5-2-1-3-6-12/h1-3,5-6,11H,4,7-10H2,(H,17,18,20). The number of likely N-dealkylation sites (tertiary alicyclic amines) is 1. The van der Waals surface area contributed by atoms with E-state index in [1.807, 2.05) is 29.3 Å². The lowest BCUT2D eigenvalue weighted by molar-refractivity contribution is -0.0319. The Morgan fingerprint density at radius 3 is 2.67 bits per heavy atom. The Labute approximate surface area is 127 Å². The zero-order valence-corrected chi connectivity index (χ0v) is 12.5. The topological polar surface area (TPSA) is 45.2 Å². The number of hydrogen-bond acceptors (Lipinski definition) is 3. The largest absolute Gasteiger partial charge is 0.324 e. The molecule has 0 unspecified atom stereocenters. The summed E-state index contributed by atoms with van der Waals surface area (Å²) in [5, 5.41) is 3.63. The Morgan fingerprint density at radius 1 is 1.24 bits per heavy atom. The van der Waals surface area contributed by atoms with Crippen LogP contribution < -0.4 is 5.32 Å². The number of rotatable bonds is 2. The van der Waals surface area contributed by atoms with Crippen LogP contribution in [0.1, 0.15) is 25.7 Å². The molecule has 1 aromatic heterocycles. The van der Waals surface area contributed by atoms with Gasteiger partial charge in [0.05, 0.1) is 4.88 Å². The molecule has 108 valence electrons. The Morgan fingerprint density at radius 2 is 2.05 bits per heavy atom. The fraction of sp³-hybridized carbons (Fsp3) is 0.375. The summed E-state index contributed by atoms with van der Waals surface area (Å²) in [6.45, 7) is 0.878. The second-order valence-electron chi connectivity index (χ2n) is 5.81. The van der Waals surface area contributed by atoms with Crippen molar-refractivity contribution in [1.29, 1.82) is 0 Å². The number of hydrogen-bond donors (Lipinski definition) is 1. The minimum Gasteiger partial charge on any atom is -0.319 e. The number of urea groups is 1. The number of thiazole rings is 1. The summed E-state index contributed by atoms with van der Waals surface area (Å²) in [7, 11) is 0. The Bertz CT molecular complexity index is 658. The molecule has 1 spiro atoms. The predicted molar refractivity (Wildman–Crippen MR) is 84.5 cm³/mol. The first kappa shape index (κ1) is 12.8. The molecule has 2 heterocycles.